The molecule has 0 aromatic rings. The summed E-state index contributed by atoms with van der Waals surface area (Å²) in [6.45, 7) is 3.72. The van der Waals surface area contributed by atoms with Crippen molar-refractivity contribution < 1.29 is 14.4 Å². The highest BCUT2D eigenvalue weighted by Gasteiger charge is 2.34. The van der Waals surface area contributed by atoms with E-state index in [1.54, 1.807) is 9.12 Å². The molecule has 4 nitrogen and oxygen atoms in total. The summed E-state index contributed by atoms with van der Waals surface area (Å²) < 4.78 is 6.94. The summed E-state index contributed by atoms with van der Waals surface area (Å²) in [6.07, 6.45) is 1.40. The van der Waals surface area contributed by atoms with Crippen LogP contribution in [0.25, 0.3) is 0 Å². The van der Waals surface area contributed by atoms with Crippen LogP contribution in [0.2, 0.25) is 0 Å². The number of hydrogen-bond acceptors (Lipinski definition) is 5. The normalized spacial score (nSPS) is 28.8. The summed E-state index contributed by atoms with van der Waals surface area (Å²) in [5, 5.41) is 0. The summed E-state index contributed by atoms with van der Waals surface area (Å²) in [5.41, 5.74) is 0.227. The Morgan fingerprint density at radius 2 is 2.44 bits per heavy atom. The Bertz CT molecular complexity index is 245. The van der Waals surface area contributed by atoms with E-state index in [0.29, 0.717) is 6.42 Å². The van der Waals surface area contributed by atoms with Gasteiger partial charge < -0.3 is 9.63 Å². The van der Waals surface area contributed by atoms with E-state index in [2.05, 4.69) is 25.5 Å². The molecule has 1 N–H and O–H groups in total. The molecule has 0 saturated carbocycles. The van der Waals surface area contributed by atoms with Gasteiger partial charge in [0.1, 0.15) is 0 Å². The van der Waals surface area contributed by atoms with Crippen molar-refractivity contribution in [3.8, 4) is 0 Å². The third-order valence-corrected chi connectivity index (χ3v) is 6.66. The molecule has 94 valence electrons. The van der Waals surface area contributed by atoms with Crippen LogP contribution in [0.5, 0.6) is 0 Å². The summed E-state index contributed by atoms with van der Waals surface area (Å²) in [6, 6.07) is 0. The maximum Gasteiger partial charge on any atom is 0.305 e. The van der Waals surface area contributed by atoms with Gasteiger partial charge in [0.05, 0.1) is 7.11 Å². The lowest BCUT2D eigenvalue weighted by atomic mass is 9.94. The predicted octanol–water partition coefficient (Wildman–Crippen LogP) is 2.26. The number of hydrogen-bond donors (Lipinski definition) is 1. The molecule has 0 bridgehead atoms. The van der Waals surface area contributed by atoms with Crippen LogP contribution < -0.4 is 0 Å². The molecule has 1 aliphatic heterocycles. The van der Waals surface area contributed by atoms with E-state index in [1.165, 1.54) is 7.11 Å². The van der Waals surface area contributed by atoms with E-state index in [1.807, 2.05) is 6.66 Å². The second kappa shape index (κ2) is 7.36. The van der Waals surface area contributed by atoms with Gasteiger partial charge in [0.2, 0.25) is 0 Å². The quantitative estimate of drug-likeness (QED) is 0.353. The Kier molecular flexibility index (Phi) is 6.88. The molecule has 3 atom stereocenters. The van der Waals surface area contributed by atoms with Crippen LogP contribution in [0, 0.1) is 5.92 Å². The molecule has 1 aliphatic rings. The number of carbonyl (C=O) groups is 1. The zero-order valence-electron chi connectivity index (χ0n) is 9.43. The number of rotatable bonds is 4. The third kappa shape index (κ3) is 4.29. The molecular formula is C9H17INO3PS. The summed E-state index contributed by atoms with van der Waals surface area (Å²) in [5.74, 6) is 0.107. The molecule has 0 aromatic heterocycles. The fourth-order valence-electron chi connectivity index (χ4n) is 1.97. The first-order valence-electron chi connectivity index (χ1n) is 5.10. The average molecular weight is 377 g/mol. The van der Waals surface area contributed by atoms with Crippen LogP contribution in [-0.2, 0) is 9.53 Å². The zero-order chi connectivity index (χ0) is 12.1. The van der Waals surface area contributed by atoms with Gasteiger partial charge in [-0.3, -0.25) is 4.79 Å². The highest BCUT2D eigenvalue weighted by molar-refractivity contribution is 14.2. The number of piperidine rings is 1. The van der Waals surface area contributed by atoms with Crippen LogP contribution in [0.4, 0.5) is 0 Å². The molecule has 3 unspecified atom stereocenters. The molecule has 0 radical (unpaired) electrons. The Labute approximate surface area is 114 Å². The van der Waals surface area contributed by atoms with Crippen molar-refractivity contribution in [2.24, 2.45) is 5.92 Å². The van der Waals surface area contributed by atoms with E-state index in [4.69, 9.17) is 4.74 Å². The van der Waals surface area contributed by atoms with Crippen LogP contribution in [0.15, 0.2) is 0 Å². The lowest BCUT2D eigenvalue weighted by Gasteiger charge is -2.37. The van der Waals surface area contributed by atoms with Gasteiger partial charge in [-0.15, -0.1) is 0 Å². The molecule has 7 heteroatoms. The van der Waals surface area contributed by atoms with Crippen molar-refractivity contribution in [1.82, 2.24) is 4.31 Å². The topological polar surface area (TPSA) is 49.8 Å². The first-order chi connectivity index (χ1) is 7.58. The SMILES string of the molecule is COC(=O)CC1CCN(SI)CC1P(C)O. The van der Waals surface area contributed by atoms with Gasteiger partial charge in [-0.25, -0.2) is 4.31 Å². The van der Waals surface area contributed by atoms with Crippen molar-refractivity contribution in [2.45, 2.75) is 18.5 Å². The molecule has 1 rings (SSSR count). The second-order valence-corrected chi connectivity index (χ2v) is 7.57. The fourth-order valence-corrected chi connectivity index (χ4v) is 4.85. The van der Waals surface area contributed by atoms with Crippen LogP contribution in [0.1, 0.15) is 12.8 Å². The Balaban J connectivity index is 2.58. The summed E-state index contributed by atoms with van der Waals surface area (Å²) in [7, 11) is 2.11. The van der Waals surface area contributed by atoms with E-state index in [9.17, 15) is 9.69 Å². The van der Waals surface area contributed by atoms with Crippen LogP contribution >= 0.6 is 38.5 Å². The molecular weight excluding hydrogens is 360 g/mol. The first-order valence-corrected chi connectivity index (χ1v) is 10.2. The Morgan fingerprint density at radius 1 is 1.75 bits per heavy atom. The zero-order valence-corrected chi connectivity index (χ0v) is 13.3. The maximum atomic E-state index is 11.3. The Hall–Kier alpha value is 0.900. The molecule has 1 fully saturated rings. The number of nitrogens with zero attached hydrogens (tertiary/aromatic N) is 1. The lowest BCUT2D eigenvalue weighted by molar-refractivity contribution is -0.141. The predicted molar refractivity (Wildman–Crippen MR) is 76.8 cm³/mol. The van der Waals surface area contributed by atoms with Crippen LogP contribution in [0.3, 0.4) is 0 Å². The van der Waals surface area contributed by atoms with Crippen molar-refractivity contribution in [2.75, 3.05) is 26.9 Å². The largest absolute Gasteiger partial charge is 0.469 e. The third-order valence-electron chi connectivity index (χ3n) is 2.92. The highest BCUT2D eigenvalue weighted by Crippen LogP contribution is 2.43. The molecule has 0 spiro atoms. The maximum absolute atomic E-state index is 11.3. The van der Waals surface area contributed by atoms with E-state index < -0.39 is 8.15 Å². The van der Waals surface area contributed by atoms with Gasteiger partial charge in [-0.05, 0) is 28.1 Å². The molecule has 0 amide bonds. The highest BCUT2D eigenvalue weighted by atomic mass is 127. The Morgan fingerprint density at radius 3 is 2.94 bits per heavy atom. The summed E-state index contributed by atoms with van der Waals surface area (Å²) >= 11 is 2.26. The summed E-state index contributed by atoms with van der Waals surface area (Å²) in [4.78, 5) is 21.1. The van der Waals surface area contributed by atoms with E-state index >= 15 is 0 Å². The van der Waals surface area contributed by atoms with Gasteiger partial charge in [-0.2, -0.15) is 0 Å². The van der Waals surface area contributed by atoms with Crippen molar-refractivity contribution in [1.29, 1.82) is 0 Å². The van der Waals surface area contributed by atoms with Gasteiger partial charge in [0.25, 0.3) is 0 Å². The first kappa shape index (κ1) is 15.0. The number of ether oxygens (including phenoxy) is 1. The molecule has 1 saturated heterocycles. The minimum Gasteiger partial charge on any atom is -0.469 e. The second-order valence-electron chi connectivity index (χ2n) is 3.93. The van der Waals surface area contributed by atoms with Gasteiger partial charge in [-0.1, -0.05) is 0 Å². The number of carbonyl (C=O) groups excluding carboxylic acids is 1. The minimum absolute atomic E-state index is 0.164. The van der Waals surface area contributed by atoms with Crippen molar-refractivity contribution >= 4 is 44.4 Å². The van der Waals surface area contributed by atoms with Crippen molar-refractivity contribution in [3.05, 3.63) is 0 Å². The standard InChI is InChI=1S/C9H17INO3PS/c1-14-9(12)5-7-3-4-11(16-10)6-8(7)15(2)13/h7-8,13H,3-6H2,1-2H3. The van der Waals surface area contributed by atoms with Crippen LogP contribution in [-0.4, -0.2) is 47.7 Å². The van der Waals surface area contributed by atoms with E-state index in [-0.39, 0.29) is 17.5 Å². The number of esters is 1. The van der Waals surface area contributed by atoms with Gasteiger partial charge >= 0.3 is 5.97 Å². The monoisotopic (exact) mass is 377 g/mol. The molecule has 1 heterocycles. The van der Waals surface area contributed by atoms with Crippen molar-refractivity contribution in [3.63, 3.8) is 0 Å². The molecule has 0 aliphatic carbocycles. The minimum atomic E-state index is -0.992. The van der Waals surface area contributed by atoms with E-state index in [0.717, 1.165) is 19.5 Å². The number of methoxy groups -OCH3 is 1. The smallest absolute Gasteiger partial charge is 0.305 e. The average Bonchev–Trinajstić information content (AvgIpc) is 2.29. The van der Waals surface area contributed by atoms with Gasteiger partial charge in [0.15, 0.2) is 0 Å². The number of halogens is 1. The molecule has 0 aromatic carbocycles. The van der Waals surface area contributed by atoms with Gasteiger partial charge in [0, 0.05) is 54.5 Å². The lowest BCUT2D eigenvalue weighted by Crippen LogP contribution is -2.39. The molecule has 16 heavy (non-hydrogen) atoms. The fraction of sp³-hybridized carbons (Fsp3) is 0.889.